The topological polar surface area (TPSA) is 64.3 Å². The second kappa shape index (κ2) is 4.37. The minimum Gasteiger partial charge on any atom is -0.376 e. The Morgan fingerprint density at radius 2 is 2.33 bits per heavy atom. The van der Waals surface area contributed by atoms with Crippen LogP contribution in [0.4, 0.5) is 5.69 Å². The summed E-state index contributed by atoms with van der Waals surface area (Å²) in [5.74, 6) is 0.0657. The molecule has 1 amide bonds. The van der Waals surface area contributed by atoms with Crippen molar-refractivity contribution in [1.82, 2.24) is 0 Å². The molecule has 3 N–H and O–H groups in total. The van der Waals surface area contributed by atoms with Gasteiger partial charge in [-0.15, -0.1) is 0 Å². The number of amides is 1. The standard InChI is InChI=1S/C14H18N2O2/c1-8-5-9(13(15)11-3-2-4-18-11)6-10-7-12(17)16-14(8)10/h5-6,11,13H,2-4,7,15H2,1H3,(H,16,17). The van der Waals surface area contributed by atoms with Crippen molar-refractivity contribution >= 4 is 11.6 Å². The summed E-state index contributed by atoms with van der Waals surface area (Å²) in [5, 5.41) is 2.89. The Hall–Kier alpha value is -1.39. The summed E-state index contributed by atoms with van der Waals surface area (Å²) in [5.41, 5.74) is 10.5. The van der Waals surface area contributed by atoms with E-state index < -0.39 is 0 Å². The number of nitrogens with two attached hydrogens (primary N) is 1. The van der Waals surface area contributed by atoms with Crippen LogP contribution in [-0.2, 0) is 16.0 Å². The zero-order valence-electron chi connectivity index (χ0n) is 10.5. The Morgan fingerprint density at radius 1 is 1.50 bits per heavy atom. The molecule has 2 atom stereocenters. The lowest BCUT2D eigenvalue weighted by Crippen LogP contribution is -2.25. The van der Waals surface area contributed by atoms with Crippen molar-refractivity contribution in [3.05, 3.63) is 28.8 Å². The summed E-state index contributed by atoms with van der Waals surface area (Å²) in [4.78, 5) is 11.4. The molecular weight excluding hydrogens is 228 g/mol. The predicted octanol–water partition coefficient (Wildman–Crippen LogP) is 1.67. The molecule has 4 nitrogen and oxygen atoms in total. The average molecular weight is 246 g/mol. The van der Waals surface area contributed by atoms with Gasteiger partial charge in [0.1, 0.15) is 0 Å². The largest absolute Gasteiger partial charge is 0.376 e. The molecule has 0 spiro atoms. The summed E-state index contributed by atoms with van der Waals surface area (Å²) in [6.45, 7) is 2.82. The monoisotopic (exact) mass is 246 g/mol. The van der Waals surface area contributed by atoms with Crippen LogP contribution >= 0.6 is 0 Å². The Kier molecular flexibility index (Phi) is 2.84. The highest BCUT2D eigenvalue weighted by molar-refractivity contribution is 6.00. The smallest absolute Gasteiger partial charge is 0.228 e. The highest BCUT2D eigenvalue weighted by Gasteiger charge is 2.27. The Morgan fingerprint density at radius 3 is 3.06 bits per heavy atom. The fourth-order valence-electron chi connectivity index (χ4n) is 2.86. The van der Waals surface area contributed by atoms with E-state index in [1.807, 2.05) is 13.0 Å². The molecule has 0 bridgehead atoms. The normalized spacial score (nSPS) is 23.9. The maximum absolute atomic E-state index is 11.4. The van der Waals surface area contributed by atoms with Gasteiger partial charge in [-0.3, -0.25) is 4.79 Å². The third-order valence-electron chi connectivity index (χ3n) is 3.81. The fourth-order valence-corrected chi connectivity index (χ4v) is 2.86. The number of nitrogens with one attached hydrogen (secondary N) is 1. The van der Waals surface area contributed by atoms with E-state index in [4.69, 9.17) is 10.5 Å². The Labute approximate surface area is 107 Å². The molecule has 4 heteroatoms. The lowest BCUT2D eigenvalue weighted by atomic mass is 9.95. The van der Waals surface area contributed by atoms with Crippen molar-refractivity contribution in [2.45, 2.75) is 38.3 Å². The van der Waals surface area contributed by atoms with Crippen LogP contribution < -0.4 is 11.1 Å². The summed E-state index contributed by atoms with van der Waals surface area (Å²) in [7, 11) is 0. The number of aryl methyl sites for hydroxylation is 1. The van der Waals surface area contributed by atoms with Crippen LogP contribution in [0.25, 0.3) is 0 Å². The van der Waals surface area contributed by atoms with Crippen molar-refractivity contribution in [2.24, 2.45) is 5.73 Å². The van der Waals surface area contributed by atoms with Crippen LogP contribution in [0, 0.1) is 6.92 Å². The molecule has 0 aliphatic carbocycles. The lowest BCUT2D eigenvalue weighted by molar-refractivity contribution is -0.115. The van der Waals surface area contributed by atoms with E-state index in [9.17, 15) is 4.79 Å². The minimum atomic E-state index is -0.0906. The van der Waals surface area contributed by atoms with E-state index in [1.54, 1.807) is 0 Å². The second-order valence-corrected chi connectivity index (χ2v) is 5.17. The van der Waals surface area contributed by atoms with Gasteiger partial charge in [-0.2, -0.15) is 0 Å². The fraction of sp³-hybridized carbons (Fsp3) is 0.500. The van der Waals surface area contributed by atoms with Gasteiger partial charge in [0.15, 0.2) is 0 Å². The molecule has 1 fully saturated rings. The molecule has 96 valence electrons. The van der Waals surface area contributed by atoms with Crippen molar-refractivity contribution in [1.29, 1.82) is 0 Å². The zero-order chi connectivity index (χ0) is 12.7. The van der Waals surface area contributed by atoms with Gasteiger partial charge in [0.2, 0.25) is 5.91 Å². The number of rotatable bonds is 2. The number of ether oxygens (including phenoxy) is 1. The van der Waals surface area contributed by atoms with Gasteiger partial charge in [-0.25, -0.2) is 0 Å². The summed E-state index contributed by atoms with van der Waals surface area (Å²) in [6, 6.07) is 4.02. The number of benzene rings is 1. The van der Waals surface area contributed by atoms with Crippen molar-refractivity contribution in [3.8, 4) is 0 Å². The first kappa shape index (κ1) is 11.7. The van der Waals surface area contributed by atoms with Crippen LogP contribution in [0.3, 0.4) is 0 Å². The van der Waals surface area contributed by atoms with Crippen LogP contribution in [0.2, 0.25) is 0 Å². The third kappa shape index (κ3) is 1.91. The minimum absolute atomic E-state index is 0.0657. The van der Waals surface area contributed by atoms with Crippen LogP contribution in [0.1, 0.15) is 35.6 Å². The quantitative estimate of drug-likeness (QED) is 0.834. The highest BCUT2D eigenvalue weighted by atomic mass is 16.5. The number of hydrogen-bond donors (Lipinski definition) is 2. The van der Waals surface area contributed by atoms with Crippen LogP contribution in [-0.4, -0.2) is 18.6 Å². The molecule has 2 unspecified atom stereocenters. The molecule has 2 aliphatic rings. The van der Waals surface area contributed by atoms with Crippen molar-refractivity contribution in [2.75, 3.05) is 11.9 Å². The van der Waals surface area contributed by atoms with Gasteiger partial charge in [-0.1, -0.05) is 12.1 Å². The molecule has 1 aromatic rings. The first-order chi connectivity index (χ1) is 8.65. The van der Waals surface area contributed by atoms with Crippen LogP contribution in [0.15, 0.2) is 12.1 Å². The van der Waals surface area contributed by atoms with Gasteiger partial charge >= 0.3 is 0 Å². The van der Waals surface area contributed by atoms with E-state index in [1.165, 1.54) is 0 Å². The molecule has 1 aromatic carbocycles. The number of carbonyl (C=O) groups excluding carboxylic acids is 1. The Bertz CT molecular complexity index is 493. The third-order valence-corrected chi connectivity index (χ3v) is 3.81. The van der Waals surface area contributed by atoms with E-state index in [0.29, 0.717) is 6.42 Å². The number of hydrogen-bond acceptors (Lipinski definition) is 3. The van der Waals surface area contributed by atoms with Gasteiger partial charge in [0, 0.05) is 12.3 Å². The number of anilines is 1. The maximum atomic E-state index is 11.4. The molecule has 1 saturated heterocycles. The molecule has 3 rings (SSSR count). The van der Waals surface area contributed by atoms with Gasteiger partial charge in [0.25, 0.3) is 0 Å². The lowest BCUT2D eigenvalue weighted by Gasteiger charge is -2.20. The molecule has 0 aromatic heterocycles. The summed E-state index contributed by atoms with van der Waals surface area (Å²) < 4.78 is 5.64. The van der Waals surface area contributed by atoms with Gasteiger partial charge < -0.3 is 15.8 Å². The van der Waals surface area contributed by atoms with E-state index >= 15 is 0 Å². The summed E-state index contributed by atoms with van der Waals surface area (Å²) in [6.07, 6.45) is 2.69. The van der Waals surface area contributed by atoms with Gasteiger partial charge in [0.05, 0.1) is 18.6 Å². The second-order valence-electron chi connectivity index (χ2n) is 5.17. The molecule has 18 heavy (non-hydrogen) atoms. The first-order valence-electron chi connectivity index (χ1n) is 6.45. The molecule has 0 saturated carbocycles. The van der Waals surface area contributed by atoms with Crippen molar-refractivity contribution in [3.63, 3.8) is 0 Å². The van der Waals surface area contributed by atoms with E-state index in [-0.39, 0.29) is 18.1 Å². The number of carbonyl (C=O) groups is 1. The first-order valence-corrected chi connectivity index (χ1v) is 6.45. The summed E-state index contributed by atoms with van der Waals surface area (Å²) >= 11 is 0. The molecular formula is C14H18N2O2. The predicted molar refractivity (Wildman–Crippen MR) is 69.4 cm³/mol. The Balaban J connectivity index is 1.91. The van der Waals surface area contributed by atoms with E-state index in [2.05, 4.69) is 11.4 Å². The molecule has 2 heterocycles. The molecule has 0 radical (unpaired) electrons. The van der Waals surface area contributed by atoms with Gasteiger partial charge in [-0.05, 0) is 36.5 Å². The SMILES string of the molecule is Cc1cc(C(N)C2CCCO2)cc2c1NC(=O)C2. The number of fused-ring (bicyclic) bond motifs is 1. The average Bonchev–Trinajstić information content (AvgIpc) is 2.96. The van der Waals surface area contributed by atoms with E-state index in [0.717, 1.165) is 41.8 Å². The van der Waals surface area contributed by atoms with Crippen LogP contribution in [0.5, 0.6) is 0 Å². The molecule has 2 aliphatic heterocycles. The highest BCUT2D eigenvalue weighted by Crippen LogP contribution is 2.32. The zero-order valence-corrected chi connectivity index (χ0v) is 10.5. The van der Waals surface area contributed by atoms with Crippen molar-refractivity contribution < 1.29 is 9.53 Å². The maximum Gasteiger partial charge on any atom is 0.228 e.